The van der Waals surface area contributed by atoms with E-state index in [2.05, 4.69) is 9.97 Å². The van der Waals surface area contributed by atoms with Crippen molar-refractivity contribution in [2.75, 3.05) is 0 Å². The lowest BCUT2D eigenvalue weighted by Gasteiger charge is -2.11. The molecule has 0 unspecified atom stereocenters. The van der Waals surface area contributed by atoms with Crippen LogP contribution in [0.2, 0.25) is 0 Å². The third-order valence-corrected chi connectivity index (χ3v) is 4.18. The van der Waals surface area contributed by atoms with Gasteiger partial charge in [0.05, 0.1) is 16.8 Å². The first kappa shape index (κ1) is 17.0. The molecule has 3 heterocycles. The summed E-state index contributed by atoms with van der Waals surface area (Å²) in [4.78, 5) is 8.36. The molecule has 0 bridgehead atoms. The molecule has 1 aromatic carbocycles. The minimum atomic E-state index is -4.49. The standard InChI is InChI=1S/C21H14F3N3/c22-21(23,24)17-11-12-25-14-16(17)20-26-18(19-8-4-5-13-27(19)20)10-9-15-6-2-1-3-7-15/h1-14H/b10-9+. The van der Waals surface area contributed by atoms with E-state index in [4.69, 9.17) is 0 Å². The summed E-state index contributed by atoms with van der Waals surface area (Å²) < 4.78 is 41.9. The minimum Gasteiger partial charge on any atom is -0.299 e. The molecule has 0 amide bonds. The number of benzene rings is 1. The van der Waals surface area contributed by atoms with E-state index in [-0.39, 0.29) is 11.4 Å². The van der Waals surface area contributed by atoms with Crippen LogP contribution in [0.15, 0.2) is 73.2 Å². The van der Waals surface area contributed by atoms with Crippen LogP contribution in [-0.4, -0.2) is 14.4 Å². The Morgan fingerprint density at radius 1 is 0.889 bits per heavy atom. The molecule has 0 saturated heterocycles. The lowest BCUT2D eigenvalue weighted by Crippen LogP contribution is -2.08. The monoisotopic (exact) mass is 365 g/mol. The molecular formula is C21H14F3N3. The van der Waals surface area contributed by atoms with Crippen LogP contribution in [-0.2, 0) is 6.18 Å². The Morgan fingerprint density at radius 2 is 1.67 bits per heavy atom. The fourth-order valence-electron chi connectivity index (χ4n) is 2.93. The molecular weight excluding hydrogens is 351 g/mol. The van der Waals surface area contributed by atoms with Crippen LogP contribution in [0.3, 0.4) is 0 Å². The van der Waals surface area contributed by atoms with Gasteiger partial charge in [0.1, 0.15) is 5.82 Å². The summed E-state index contributed by atoms with van der Waals surface area (Å²) in [6.45, 7) is 0. The zero-order valence-corrected chi connectivity index (χ0v) is 14.1. The molecule has 0 atom stereocenters. The van der Waals surface area contributed by atoms with Gasteiger partial charge in [-0.25, -0.2) is 4.98 Å². The number of halogens is 3. The van der Waals surface area contributed by atoms with Gasteiger partial charge in [-0.3, -0.25) is 9.38 Å². The van der Waals surface area contributed by atoms with Gasteiger partial charge < -0.3 is 0 Å². The number of nitrogens with zero attached hydrogens (tertiary/aromatic N) is 3. The second kappa shape index (κ2) is 6.72. The zero-order chi connectivity index (χ0) is 18.9. The van der Waals surface area contributed by atoms with Crippen LogP contribution < -0.4 is 0 Å². The maximum absolute atomic E-state index is 13.4. The van der Waals surface area contributed by atoms with Crippen LogP contribution in [0.5, 0.6) is 0 Å². The van der Waals surface area contributed by atoms with E-state index < -0.39 is 11.7 Å². The van der Waals surface area contributed by atoms with Gasteiger partial charge in [0.15, 0.2) is 0 Å². The number of rotatable bonds is 3. The quantitative estimate of drug-likeness (QED) is 0.474. The molecule has 3 nitrogen and oxygen atoms in total. The van der Waals surface area contributed by atoms with Crippen molar-refractivity contribution in [3.8, 4) is 11.4 Å². The van der Waals surface area contributed by atoms with E-state index in [9.17, 15) is 13.2 Å². The van der Waals surface area contributed by atoms with E-state index in [1.54, 1.807) is 22.7 Å². The predicted octanol–water partition coefficient (Wildman–Crippen LogP) is 5.59. The van der Waals surface area contributed by atoms with Gasteiger partial charge in [-0.2, -0.15) is 13.2 Å². The second-order valence-corrected chi connectivity index (χ2v) is 5.94. The van der Waals surface area contributed by atoms with E-state index >= 15 is 0 Å². The maximum Gasteiger partial charge on any atom is 0.417 e. The SMILES string of the molecule is FC(F)(F)c1ccncc1-c1nc(/C=C/c2ccccc2)c2ccccn12. The summed E-state index contributed by atoms with van der Waals surface area (Å²) in [6, 6.07) is 16.0. The minimum absolute atomic E-state index is 0.0504. The van der Waals surface area contributed by atoms with Crippen LogP contribution in [0.1, 0.15) is 16.8 Å². The Labute approximate surface area is 153 Å². The molecule has 4 rings (SSSR count). The van der Waals surface area contributed by atoms with Gasteiger partial charge in [-0.05, 0) is 29.8 Å². The number of pyridine rings is 2. The Bertz CT molecular complexity index is 1110. The number of alkyl halides is 3. The number of hydrogen-bond donors (Lipinski definition) is 0. The normalized spacial score (nSPS) is 12.1. The van der Waals surface area contributed by atoms with Gasteiger partial charge >= 0.3 is 6.18 Å². The molecule has 27 heavy (non-hydrogen) atoms. The average Bonchev–Trinajstić information content (AvgIpc) is 3.05. The molecule has 134 valence electrons. The summed E-state index contributed by atoms with van der Waals surface area (Å²) in [7, 11) is 0. The lowest BCUT2D eigenvalue weighted by atomic mass is 10.1. The van der Waals surface area contributed by atoms with Gasteiger partial charge in [-0.15, -0.1) is 0 Å². The molecule has 0 N–H and O–H groups in total. The molecule has 0 radical (unpaired) electrons. The molecule has 0 fully saturated rings. The van der Waals surface area contributed by atoms with Crippen LogP contribution in [0, 0.1) is 0 Å². The van der Waals surface area contributed by atoms with Crippen molar-refractivity contribution in [3.05, 3.63) is 90.0 Å². The number of imidazole rings is 1. The fraction of sp³-hybridized carbons (Fsp3) is 0.0476. The summed E-state index contributed by atoms with van der Waals surface area (Å²) in [6.07, 6.45) is 3.24. The average molecular weight is 365 g/mol. The van der Waals surface area contributed by atoms with Gasteiger partial charge in [-0.1, -0.05) is 42.5 Å². The molecule has 0 aliphatic heterocycles. The van der Waals surface area contributed by atoms with Crippen LogP contribution in [0.4, 0.5) is 13.2 Å². The van der Waals surface area contributed by atoms with Crippen LogP contribution in [0.25, 0.3) is 29.1 Å². The topological polar surface area (TPSA) is 30.2 Å². The molecule has 6 heteroatoms. The third-order valence-electron chi connectivity index (χ3n) is 4.18. The highest BCUT2D eigenvalue weighted by molar-refractivity contribution is 5.79. The predicted molar refractivity (Wildman–Crippen MR) is 98.8 cm³/mol. The zero-order valence-electron chi connectivity index (χ0n) is 14.1. The van der Waals surface area contributed by atoms with Crippen molar-refractivity contribution in [2.45, 2.75) is 6.18 Å². The largest absolute Gasteiger partial charge is 0.417 e. The molecule has 0 spiro atoms. The molecule has 0 aliphatic carbocycles. The molecule has 0 aliphatic rings. The van der Waals surface area contributed by atoms with Crippen molar-refractivity contribution < 1.29 is 13.2 Å². The highest BCUT2D eigenvalue weighted by atomic mass is 19.4. The fourth-order valence-corrected chi connectivity index (χ4v) is 2.93. The van der Waals surface area contributed by atoms with Gasteiger partial charge in [0.25, 0.3) is 0 Å². The second-order valence-electron chi connectivity index (χ2n) is 5.94. The van der Waals surface area contributed by atoms with Crippen LogP contribution >= 0.6 is 0 Å². The van der Waals surface area contributed by atoms with E-state index in [0.717, 1.165) is 23.3 Å². The van der Waals surface area contributed by atoms with Gasteiger partial charge in [0, 0.05) is 24.2 Å². The number of fused-ring (bicyclic) bond motifs is 1. The van der Waals surface area contributed by atoms with Crippen molar-refractivity contribution in [3.63, 3.8) is 0 Å². The first-order valence-corrected chi connectivity index (χ1v) is 8.26. The van der Waals surface area contributed by atoms with Crippen molar-refractivity contribution in [2.24, 2.45) is 0 Å². The lowest BCUT2D eigenvalue weighted by molar-refractivity contribution is -0.137. The highest BCUT2D eigenvalue weighted by Crippen LogP contribution is 2.36. The van der Waals surface area contributed by atoms with E-state index in [0.29, 0.717) is 5.69 Å². The Morgan fingerprint density at radius 3 is 2.44 bits per heavy atom. The number of hydrogen-bond acceptors (Lipinski definition) is 2. The van der Waals surface area contributed by atoms with E-state index in [1.165, 1.54) is 6.20 Å². The van der Waals surface area contributed by atoms with Crippen molar-refractivity contribution >= 4 is 17.7 Å². The Hall–Kier alpha value is -3.41. The highest BCUT2D eigenvalue weighted by Gasteiger charge is 2.34. The smallest absolute Gasteiger partial charge is 0.299 e. The van der Waals surface area contributed by atoms with E-state index in [1.807, 2.05) is 48.5 Å². The summed E-state index contributed by atoms with van der Waals surface area (Å²) in [5, 5.41) is 0. The Balaban J connectivity index is 1.88. The summed E-state index contributed by atoms with van der Waals surface area (Å²) in [5.74, 6) is 0.207. The Kier molecular flexibility index (Phi) is 4.24. The summed E-state index contributed by atoms with van der Waals surface area (Å²) >= 11 is 0. The van der Waals surface area contributed by atoms with Crippen molar-refractivity contribution in [1.82, 2.24) is 14.4 Å². The first-order chi connectivity index (χ1) is 13.0. The third kappa shape index (κ3) is 3.33. The molecule has 3 aromatic heterocycles. The summed E-state index contributed by atoms with van der Waals surface area (Å²) in [5.41, 5.74) is 1.48. The number of aromatic nitrogens is 3. The molecule has 0 saturated carbocycles. The molecule has 4 aromatic rings. The van der Waals surface area contributed by atoms with Gasteiger partial charge in [0.2, 0.25) is 0 Å². The maximum atomic E-state index is 13.4. The van der Waals surface area contributed by atoms with Crippen molar-refractivity contribution in [1.29, 1.82) is 0 Å². The first-order valence-electron chi connectivity index (χ1n) is 8.26.